The molecule has 0 saturated carbocycles. The van der Waals surface area contributed by atoms with E-state index in [1.807, 2.05) is 39.8 Å². The SMILES string of the molecule is CC1(C)OB(c2ccc3c(sc(=O)n3COCC[Si](C)(C)C)c2Cl)OC1(C)C. The number of benzene rings is 1. The van der Waals surface area contributed by atoms with Gasteiger partial charge in [0.2, 0.25) is 0 Å². The van der Waals surface area contributed by atoms with E-state index in [-0.39, 0.29) is 11.6 Å². The topological polar surface area (TPSA) is 49.7 Å². The Morgan fingerprint density at radius 1 is 1.18 bits per heavy atom. The molecule has 1 saturated heterocycles. The van der Waals surface area contributed by atoms with Gasteiger partial charge in [0.05, 0.1) is 26.4 Å². The molecule has 0 amide bonds. The molecule has 28 heavy (non-hydrogen) atoms. The lowest BCUT2D eigenvalue weighted by Gasteiger charge is -2.32. The molecule has 0 bridgehead atoms. The van der Waals surface area contributed by atoms with Crippen LogP contribution in [0.4, 0.5) is 0 Å². The summed E-state index contributed by atoms with van der Waals surface area (Å²) in [5.74, 6) is 0. The fraction of sp³-hybridized carbons (Fsp3) is 0.632. The minimum atomic E-state index is -1.16. The molecule has 1 fully saturated rings. The second kappa shape index (κ2) is 7.56. The van der Waals surface area contributed by atoms with Crippen molar-refractivity contribution < 1.29 is 14.0 Å². The number of fused-ring (bicyclic) bond motifs is 1. The van der Waals surface area contributed by atoms with Gasteiger partial charge in [0, 0.05) is 20.1 Å². The smallest absolute Gasteiger partial charge is 0.399 e. The van der Waals surface area contributed by atoms with Crippen LogP contribution in [-0.2, 0) is 20.8 Å². The zero-order chi connectivity index (χ0) is 20.9. The predicted octanol–water partition coefficient (Wildman–Crippen LogP) is 4.33. The van der Waals surface area contributed by atoms with Crippen molar-refractivity contribution in [1.82, 2.24) is 4.57 Å². The van der Waals surface area contributed by atoms with E-state index in [9.17, 15) is 4.79 Å². The predicted molar refractivity (Wildman–Crippen MR) is 121 cm³/mol. The largest absolute Gasteiger partial charge is 0.496 e. The van der Waals surface area contributed by atoms with Crippen molar-refractivity contribution in [3.8, 4) is 0 Å². The first kappa shape index (κ1) is 22.1. The van der Waals surface area contributed by atoms with Crippen LogP contribution in [0, 0.1) is 0 Å². The molecule has 0 unspecified atom stereocenters. The Bertz CT molecular complexity index is 918. The lowest BCUT2D eigenvalue weighted by Crippen LogP contribution is -2.41. The summed E-state index contributed by atoms with van der Waals surface area (Å²) in [4.78, 5) is 12.4. The third kappa shape index (κ3) is 4.27. The van der Waals surface area contributed by atoms with Gasteiger partial charge in [0.1, 0.15) is 6.73 Å². The van der Waals surface area contributed by atoms with Gasteiger partial charge in [0.25, 0.3) is 0 Å². The zero-order valence-electron chi connectivity index (χ0n) is 17.7. The molecule has 1 aliphatic heterocycles. The number of ether oxygens (including phenoxy) is 1. The van der Waals surface area contributed by atoms with Gasteiger partial charge in [-0.15, -0.1) is 0 Å². The van der Waals surface area contributed by atoms with Gasteiger partial charge in [-0.3, -0.25) is 9.36 Å². The number of hydrogen-bond donors (Lipinski definition) is 0. The molecular weight excluding hydrogens is 413 g/mol. The fourth-order valence-corrected chi connectivity index (χ4v) is 4.97. The molecule has 0 spiro atoms. The summed E-state index contributed by atoms with van der Waals surface area (Å²) in [7, 11) is -1.72. The van der Waals surface area contributed by atoms with Gasteiger partial charge >= 0.3 is 12.0 Å². The summed E-state index contributed by atoms with van der Waals surface area (Å²) < 4.78 is 20.4. The maximum absolute atomic E-state index is 12.5. The Morgan fingerprint density at radius 3 is 2.36 bits per heavy atom. The summed E-state index contributed by atoms with van der Waals surface area (Å²) in [5.41, 5.74) is 0.646. The summed E-state index contributed by atoms with van der Waals surface area (Å²) >= 11 is 7.81. The Labute approximate surface area is 177 Å². The fourth-order valence-electron chi connectivity index (χ4n) is 2.92. The molecule has 3 rings (SSSR count). The molecule has 0 radical (unpaired) electrons. The Hall–Kier alpha value is -0.638. The van der Waals surface area contributed by atoms with Crippen LogP contribution in [0.2, 0.25) is 30.7 Å². The third-order valence-corrected chi connectivity index (χ3v) is 8.77. The van der Waals surface area contributed by atoms with Gasteiger partial charge in [-0.25, -0.2) is 0 Å². The van der Waals surface area contributed by atoms with E-state index < -0.39 is 26.4 Å². The van der Waals surface area contributed by atoms with Crippen LogP contribution in [0.1, 0.15) is 27.7 Å². The van der Waals surface area contributed by atoms with Gasteiger partial charge in [-0.2, -0.15) is 0 Å². The average Bonchev–Trinajstić information content (AvgIpc) is 2.97. The highest BCUT2D eigenvalue weighted by Crippen LogP contribution is 2.37. The lowest BCUT2D eigenvalue weighted by molar-refractivity contribution is 0.00578. The Kier molecular flexibility index (Phi) is 5.95. The molecule has 154 valence electrons. The van der Waals surface area contributed by atoms with Crippen molar-refractivity contribution in [2.75, 3.05) is 6.61 Å². The molecule has 5 nitrogen and oxygen atoms in total. The number of hydrogen-bond acceptors (Lipinski definition) is 5. The molecule has 2 aromatic rings. The van der Waals surface area contributed by atoms with E-state index in [1.165, 1.54) is 0 Å². The standard InChI is InChI=1S/C19H29BClNO4SSi/c1-18(2)19(3,4)26-20(25-18)13-8-9-14-16(15(13)21)27-17(23)22(14)12-24-10-11-28(5,6)7/h8-9H,10-12H2,1-7H3. The normalized spacial score (nSPS) is 18.9. The second-order valence-corrected chi connectivity index (χ2v) is 16.5. The van der Waals surface area contributed by atoms with E-state index in [2.05, 4.69) is 19.6 Å². The molecule has 1 aliphatic rings. The van der Waals surface area contributed by atoms with Crippen LogP contribution in [0.5, 0.6) is 0 Å². The maximum atomic E-state index is 12.5. The number of rotatable bonds is 6. The number of thiazole rings is 1. The van der Waals surface area contributed by atoms with Crippen LogP contribution in [0.3, 0.4) is 0 Å². The minimum Gasteiger partial charge on any atom is -0.399 e. The van der Waals surface area contributed by atoms with Gasteiger partial charge < -0.3 is 14.0 Å². The van der Waals surface area contributed by atoms with Crippen LogP contribution < -0.4 is 10.3 Å². The monoisotopic (exact) mass is 441 g/mol. The van der Waals surface area contributed by atoms with Gasteiger partial charge in [0.15, 0.2) is 0 Å². The summed E-state index contributed by atoms with van der Waals surface area (Å²) in [5, 5.41) is 0.513. The minimum absolute atomic E-state index is 0.0732. The molecule has 1 aromatic heterocycles. The summed E-state index contributed by atoms with van der Waals surface area (Å²) in [6, 6.07) is 4.86. The van der Waals surface area contributed by atoms with E-state index in [1.54, 1.807) is 4.57 Å². The van der Waals surface area contributed by atoms with Crippen molar-refractivity contribution in [3.63, 3.8) is 0 Å². The molecule has 2 heterocycles. The van der Waals surface area contributed by atoms with Crippen LogP contribution in [0.15, 0.2) is 16.9 Å². The number of aromatic nitrogens is 1. The van der Waals surface area contributed by atoms with Crippen molar-refractivity contribution in [2.45, 2.75) is 71.3 Å². The Balaban J connectivity index is 1.85. The molecular formula is C19H29BClNO4SSi. The van der Waals surface area contributed by atoms with Crippen molar-refractivity contribution in [3.05, 3.63) is 26.8 Å². The van der Waals surface area contributed by atoms with Crippen molar-refractivity contribution in [2.24, 2.45) is 0 Å². The maximum Gasteiger partial charge on any atom is 0.496 e. The van der Waals surface area contributed by atoms with Crippen LogP contribution in [-0.4, -0.2) is 37.6 Å². The zero-order valence-corrected chi connectivity index (χ0v) is 20.3. The average molecular weight is 442 g/mol. The molecule has 9 heteroatoms. The molecule has 0 atom stereocenters. The van der Waals surface area contributed by atoms with Crippen LogP contribution >= 0.6 is 22.9 Å². The summed E-state index contributed by atoms with van der Waals surface area (Å²) in [6.45, 7) is 15.9. The van der Waals surface area contributed by atoms with Gasteiger partial charge in [-0.1, -0.05) is 48.6 Å². The third-order valence-electron chi connectivity index (χ3n) is 5.53. The van der Waals surface area contributed by atoms with Crippen LogP contribution in [0.25, 0.3) is 10.2 Å². The van der Waals surface area contributed by atoms with Crippen molar-refractivity contribution >= 4 is 53.8 Å². The highest BCUT2D eigenvalue weighted by Gasteiger charge is 2.52. The first-order valence-corrected chi connectivity index (χ1v) is 14.5. The van der Waals surface area contributed by atoms with Gasteiger partial charge in [-0.05, 0) is 39.8 Å². The Morgan fingerprint density at radius 2 is 1.79 bits per heavy atom. The molecule has 0 N–H and O–H groups in total. The van der Waals surface area contributed by atoms with E-state index in [0.717, 1.165) is 33.1 Å². The van der Waals surface area contributed by atoms with E-state index >= 15 is 0 Å². The summed E-state index contributed by atoms with van der Waals surface area (Å²) in [6.07, 6.45) is 0. The first-order chi connectivity index (χ1) is 12.8. The van der Waals surface area contributed by atoms with Crippen molar-refractivity contribution in [1.29, 1.82) is 0 Å². The highest BCUT2D eigenvalue weighted by atomic mass is 35.5. The lowest BCUT2D eigenvalue weighted by atomic mass is 9.79. The molecule has 1 aromatic carbocycles. The highest BCUT2D eigenvalue weighted by molar-refractivity contribution is 7.17. The number of halogens is 1. The second-order valence-electron chi connectivity index (χ2n) is 9.55. The molecule has 0 aliphatic carbocycles. The first-order valence-electron chi connectivity index (χ1n) is 9.57. The number of nitrogens with zero attached hydrogens (tertiary/aromatic N) is 1. The quantitative estimate of drug-likeness (QED) is 0.494. The van der Waals surface area contributed by atoms with E-state index in [0.29, 0.717) is 11.6 Å². The van der Waals surface area contributed by atoms with E-state index in [4.69, 9.17) is 25.6 Å².